The fraction of sp³-hybridized carbons (Fsp3) is 0.308. The molecule has 5 atom stereocenters. The highest BCUT2D eigenvalue weighted by Gasteiger charge is 2.61. The maximum absolute atomic E-state index is 13.3. The summed E-state index contributed by atoms with van der Waals surface area (Å²) >= 11 is 0. The van der Waals surface area contributed by atoms with Crippen LogP contribution in [0.1, 0.15) is 22.3 Å². The predicted octanol–water partition coefficient (Wildman–Crippen LogP) is 2.74. The largest absolute Gasteiger partial charge is 0.456 e. The van der Waals surface area contributed by atoms with E-state index in [1.54, 1.807) is 24.3 Å². The van der Waals surface area contributed by atoms with Gasteiger partial charge < -0.3 is 4.74 Å². The number of imide groups is 1. The third kappa shape index (κ3) is 4.03. The van der Waals surface area contributed by atoms with Crippen LogP contribution in [0.15, 0.2) is 66.7 Å². The quantitative estimate of drug-likeness (QED) is 0.144. The van der Waals surface area contributed by atoms with Crippen molar-refractivity contribution in [3.63, 3.8) is 0 Å². The van der Waals surface area contributed by atoms with Crippen LogP contribution in [-0.4, -0.2) is 46.0 Å². The smallest absolute Gasteiger partial charge is 0.330 e. The second-order valence-electron chi connectivity index (χ2n) is 9.09. The normalized spacial score (nSPS) is 25.0. The third-order valence-corrected chi connectivity index (χ3v) is 7.11. The van der Waals surface area contributed by atoms with Gasteiger partial charge in [-0.2, -0.15) is 0 Å². The summed E-state index contributed by atoms with van der Waals surface area (Å²) in [6.07, 6.45) is 4.81. The zero-order valence-corrected chi connectivity index (χ0v) is 18.6. The molecule has 35 heavy (non-hydrogen) atoms. The lowest BCUT2D eigenvalue weighted by Crippen LogP contribution is -2.48. The summed E-state index contributed by atoms with van der Waals surface area (Å²) in [4.78, 5) is 63.6. The molecule has 0 radical (unpaired) electrons. The van der Waals surface area contributed by atoms with E-state index >= 15 is 0 Å². The zero-order chi connectivity index (χ0) is 24.7. The van der Waals surface area contributed by atoms with Crippen molar-refractivity contribution in [3.8, 4) is 0 Å². The monoisotopic (exact) mass is 474 g/mol. The number of carbonyl (C=O) groups excluding carboxylic acids is 4. The van der Waals surface area contributed by atoms with E-state index in [-0.39, 0.29) is 41.3 Å². The van der Waals surface area contributed by atoms with Gasteiger partial charge in [-0.05, 0) is 36.0 Å². The lowest BCUT2D eigenvalue weighted by molar-refractivity contribution is -0.384. The summed E-state index contributed by atoms with van der Waals surface area (Å²) in [5.74, 6) is -3.02. The number of nitro groups is 1. The number of non-ortho nitro benzene ring substituents is 1. The van der Waals surface area contributed by atoms with Crippen LogP contribution >= 0.6 is 0 Å². The van der Waals surface area contributed by atoms with Gasteiger partial charge >= 0.3 is 5.97 Å². The minimum absolute atomic E-state index is 0.00330. The third-order valence-electron chi connectivity index (χ3n) is 7.11. The molecular weight excluding hydrogens is 452 g/mol. The number of benzene rings is 2. The van der Waals surface area contributed by atoms with Gasteiger partial charge in [0.2, 0.25) is 11.8 Å². The number of amides is 2. The highest BCUT2D eigenvalue weighted by molar-refractivity contribution is 6.09. The van der Waals surface area contributed by atoms with Gasteiger partial charge in [-0.1, -0.05) is 42.5 Å². The Morgan fingerprint density at radius 3 is 2.14 bits per heavy atom. The van der Waals surface area contributed by atoms with Gasteiger partial charge in [0.05, 0.1) is 16.8 Å². The number of rotatable bonds is 8. The van der Waals surface area contributed by atoms with Crippen molar-refractivity contribution >= 4 is 29.3 Å². The number of ketones is 1. The molecule has 2 bridgehead atoms. The van der Waals surface area contributed by atoms with Crippen molar-refractivity contribution in [1.82, 2.24) is 4.90 Å². The van der Waals surface area contributed by atoms with Crippen molar-refractivity contribution in [2.24, 2.45) is 23.7 Å². The van der Waals surface area contributed by atoms with E-state index in [1.165, 1.54) is 24.3 Å². The van der Waals surface area contributed by atoms with Crippen molar-refractivity contribution < 1.29 is 28.8 Å². The first-order chi connectivity index (χ1) is 16.8. The SMILES string of the molecule is O=C(COC(=O)[C@H](Cc1ccccc1)N1C(=O)[C@@H]2[C@H](C1=O)[C@H]1C=C[C@H]2C1)c1ccc([N+](=O)[O-])cc1. The van der Waals surface area contributed by atoms with Crippen LogP contribution in [0.25, 0.3) is 0 Å². The number of ether oxygens (including phenoxy) is 1. The molecule has 1 aliphatic heterocycles. The van der Waals surface area contributed by atoms with Gasteiger partial charge in [-0.25, -0.2) is 4.79 Å². The summed E-state index contributed by atoms with van der Waals surface area (Å²) in [5.41, 5.74) is 0.727. The molecule has 2 aromatic carbocycles. The average molecular weight is 474 g/mol. The summed E-state index contributed by atoms with van der Waals surface area (Å²) in [6, 6.07) is 12.8. The van der Waals surface area contributed by atoms with Crippen molar-refractivity contribution in [3.05, 3.63) is 88.0 Å². The van der Waals surface area contributed by atoms with Crippen LogP contribution in [0, 0.1) is 33.8 Å². The molecule has 1 heterocycles. The van der Waals surface area contributed by atoms with Crippen LogP contribution in [0.3, 0.4) is 0 Å². The fourth-order valence-corrected chi connectivity index (χ4v) is 5.44. The number of carbonyl (C=O) groups is 4. The zero-order valence-electron chi connectivity index (χ0n) is 18.6. The molecule has 1 saturated carbocycles. The number of likely N-dealkylation sites (tertiary alicyclic amines) is 1. The number of hydrogen-bond donors (Lipinski definition) is 0. The average Bonchev–Trinajstić information content (AvgIpc) is 3.55. The highest BCUT2D eigenvalue weighted by atomic mass is 16.6. The number of Topliss-reactive ketones (excluding diaryl/α,β-unsaturated/α-hetero) is 1. The first kappa shape index (κ1) is 22.6. The molecule has 0 unspecified atom stereocenters. The number of nitro benzene ring substituents is 1. The minimum Gasteiger partial charge on any atom is -0.456 e. The van der Waals surface area contributed by atoms with Crippen molar-refractivity contribution in [2.75, 3.05) is 6.61 Å². The molecule has 2 aromatic rings. The lowest BCUT2D eigenvalue weighted by Gasteiger charge is -2.26. The minimum atomic E-state index is -1.19. The van der Waals surface area contributed by atoms with Crippen LogP contribution in [0.5, 0.6) is 0 Å². The molecule has 2 fully saturated rings. The molecule has 2 amide bonds. The lowest BCUT2D eigenvalue weighted by atomic mass is 9.85. The van der Waals surface area contributed by atoms with E-state index in [4.69, 9.17) is 4.74 Å². The van der Waals surface area contributed by atoms with Crippen LogP contribution < -0.4 is 0 Å². The molecule has 2 aliphatic carbocycles. The maximum atomic E-state index is 13.3. The second kappa shape index (κ2) is 8.90. The number of nitrogens with zero attached hydrogens (tertiary/aromatic N) is 2. The van der Waals surface area contributed by atoms with Crippen LogP contribution in [-0.2, 0) is 25.5 Å². The molecule has 3 aliphatic rings. The molecule has 178 valence electrons. The Labute approximate surface area is 200 Å². The summed E-state index contributed by atoms with van der Waals surface area (Å²) in [6.45, 7) is -0.613. The Kier molecular flexibility index (Phi) is 5.76. The molecule has 9 nitrogen and oxygen atoms in total. The van der Waals surface area contributed by atoms with Gasteiger partial charge in [0.15, 0.2) is 12.4 Å². The molecule has 5 rings (SSSR count). The van der Waals surface area contributed by atoms with E-state index in [0.717, 1.165) is 16.9 Å². The predicted molar refractivity (Wildman–Crippen MR) is 122 cm³/mol. The van der Waals surface area contributed by atoms with Gasteiger partial charge in [0, 0.05) is 24.1 Å². The highest BCUT2D eigenvalue weighted by Crippen LogP contribution is 2.53. The van der Waals surface area contributed by atoms with E-state index in [2.05, 4.69) is 0 Å². The van der Waals surface area contributed by atoms with E-state index in [1.807, 2.05) is 18.2 Å². The second-order valence-corrected chi connectivity index (χ2v) is 9.09. The number of esters is 1. The molecule has 0 aromatic heterocycles. The molecule has 1 saturated heterocycles. The number of fused-ring (bicyclic) bond motifs is 5. The topological polar surface area (TPSA) is 124 Å². The standard InChI is InChI=1S/C26H22N2O7/c29-21(16-8-10-19(11-9-16)28(33)34)14-35-26(32)20(12-15-4-2-1-3-5-15)27-24(30)22-17-6-7-18(13-17)23(22)25(27)31/h1-11,17-18,20,22-23H,12-14H2/t17-,18-,20-,22-,23+/m0/s1. The Morgan fingerprint density at radius 2 is 1.57 bits per heavy atom. The number of hydrogen-bond acceptors (Lipinski definition) is 7. The molecule has 0 spiro atoms. The Balaban J connectivity index is 1.34. The molecule has 9 heteroatoms. The van der Waals surface area contributed by atoms with E-state index in [9.17, 15) is 29.3 Å². The molecular formula is C26H22N2O7. The summed E-state index contributed by atoms with van der Waals surface area (Å²) < 4.78 is 5.29. The summed E-state index contributed by atoms with van der Waals surface area (Å²) in [5, 5.41) is 10.8. The van der Waals surface area contributed by atoms with Crippen LogP contribution in [0.2, 0.25) is 0 Å². The maximum Gasteiger partial charge on any atom is 0.330 e. The van der Waals surface area contributed by atoms with Crippen molar-refractivity contribution in [2.45, 2.75) is 18.9 Å². The Bertz CT molecular complexity index is 1210. The van der Waals surface area contributed by atoms with E-state index < -0.39 is 41.2 Å². The number of allylic oxidation sites excluding steroid dienone is 2. The Morgan fingerprint density at radius 1 is 0.971 bits per heavy atom. The van der Waals surface area contributed by atoms with Crippen molar-refractivity contribution in [1.29, 1.82) is 0 Å². The first-order valence-electron chi connectivity index (χ1n) is 11.4. The van der Waals surface area contributed by atoms with Gasteiger partial charge in [0.1, 0.15) is 6.04 Å². The van der Waals surface area contributed by atoms with Gasteiger partial charge in [0.25, 0.3) is 5.69 Å². The Hall–Kier alpha value is -4.14. The molecule has 0 N–H and O–H groups in total. The van der Waals surface area contributed by atoms with Gasteiger partial charge in [-0.15, -0.1) is 0 Å². The first-order valence-corrected chi connectivity index (χ1v) is 11.4. The fourth-order valence-electron chi connectivity index (χ4n) is 5.44. The van der Waals surface area contributed by atoms with Gasteiger partial charge in [-0.3, -0.25) is 29.4 Å². The summed E-state index contributed by atoms with van der Waals surface area (Å²) in [7, 11) is 0. The van der Waals surface area contributed by atoms with Crippen LogP contribution in [0.4, 0.5) is 5.69 Å². The van der Waals surface area contributed by atoms with E-state index in [0.29, 0.717) is 0 Å².